The number of rotatable bonds is 4. The highest BCUT2D eigenvalue weighted by Crippen LogP contribution is 2.39. The van der Waals surface area contributed by atoms with Crippen LogP contribution in [0.4, 0.5) is 0 Å². The molecule has 1 aromatic heterocycles. The van der Waals surface area contributed by atoms with Gasteiger partial charge in [0.25, 0.3) is 11.8 Å². The Bertz CT molecular complexity index is 726. The monoisotopic (exact) mass is 335 g/mol. The molecule has 9 heteroatoms. The molecule has 0 saturated carbocycles. The molecule has 1 N–H and O–H groups in total. The van der Waals surface area contributed by atoms with E-state index in [0.29, 0.717) is 17.9 Å². The minimum absolute atomic E-state index is 0.0838. The van der Waals surface area contributed by atoms with Gasteiger partial charge < -0.3 is 15.2 Å². The first kappa shape index (κ1) is 15.6. The number of hydrogen-bond donors (Lipinski definition) is 1. The van der Waals surface area contributed by atoms with Crippen LogP contribution >= 0.6 is 11.8 Å². The summed E-state index contributed by atoms with van der Waals surface area (Å²) in [4.78, 5) is 36.8. The average molecular weight is 335 g/mol. The average Bonchev–Trinajstić information content (AvgIpc) is 3.01. The highest BCUT2D eigenvalue weighted by Gasteiger charge is 2.52. The summed E-state index contributed by atoms with van der Waals surface area (Å²) in [6, 6.07) is 0.825. The first-order valence-electron chi connectivity index (χ1n) is 7.14. The molecular weight excluding hydrogens is 320 g/mol. The molecule has 122 valence electrons. The van der Waals surface area contributed by atoms with E-state index < -0.39 is 29.2 Å². The number of carboxylic acids is 1. The van der Waals surface area contributed by atoms with Crippen LogP contribution in [0.1, 0.15) is 24.3 Å². The lowest BCUT2D eigenvalue weighted by molar-refractivity contribution is -0.301. The van der Waals surface area contributed by atoms with E-state index in [-0.39, 0.29) is 11.4 Å². The van der Waals surface area contributed by atoms with Crippen molar-refractivity contribution < 1.29 is 19.5 Å². The molecular formula is C14H15N4O4S-. The SMILES string of the molecule is CCn1ccc(C(=O)N[C@@H]2C(=O)N3C(C(=O)[O-])=C(C)CS[C@@H]23)n1. The summed E-state index contributed by atoms with van der Waals surface area (Å²) in [5.74, 6) is -1.78. The number of carbonyl (C=O) groups is 3. The third kappa shape index (κ3) is 2.50. The second kappa shape index (κ2) is 5.73. The molecule has 1 fully saturated rings. The maximum absolute atomic E-state index is 12.2. The van der Waals surface area contributed by atoms with Crippen LogP contribution < -0.4 is 10.4 Å². The Labute approximate surface area is 136 Å². The minimum Gasteiger partial charge on any atom is -0.543 e. The Morgan fingerprint density at radius 3 is 2.87 bits per heavy atom. The molecule has 2 amide bonds. The number of β-lactam (4-membered cyclic amide) rings is 1. The largest absolute Gasteiger partial charge is 0.543 e. The molecule has 0 aliphatic carbocycles. The van der Waals surface area contributed by atoms with Crippen LogP contribution in [0.15, 0.2) is 23.5 Å². The van der Waals surface area contributed by atoms with Gasteiger partial charge in [0.2, 0.25) is 0 Å². The lowest BCUT2D eigenvalue weighted by Crippen LogP contribution is -2.71. The van der Waals surface area contributed by atoms with E-state index in [4.69, 9.17) is 0 Å². The lowest BCUT2D eigenvalue weighted by Gasteiger charge is -2.50. The molecule has 8 nitrogen and oxygen atoms in total. The van der Waals surface area contributed by atoms with E-state index in [0.717, 1.165) is 0 Å². The Kier molecular flexibility index (Phi) is 3.88. The van der Waals surface area contributed by atoms with Crippen molar-refractivity contribution in [3.8, 4) is 0 Å². The van der Waals surface area contributed by atoms with Gasteiger partial charge in [-0.05, 0) is 25.5 Å². The maximum atomic E-state index is 12.2. The molecule has 1 saturated heterocycles. The summed E-state index contributed by atoms with van der Waals surface area (Å²) in [7, 11) is 0. The Morgan fingerprint density at radius 2 is 2.26 bits per heavy atom. The van der Waals surface area contributed by atoms with Gasteiger partial charge in [-0.25, -0.2) is 0 Å². The van der Waals surface area contributed by atoms with Gasteiger partial charge in [-0.1, -0.05) is 0 Å². The molecule has 2 atom stereocenters. The number of aromatic nitrogens is 2. The van der Waals surface area contributed by atoms with E-state index in [2.05, 4.69) is 10.4 Å². The normalized spacial score (nSPS) is 23.4. The van der Waals surface area contributed by atoms with Crippen molar-refractivity contribution in [2.45, 2.75) is 31.8 Å². The van der Waals surface area contributed by atoms with Crippen LogP contribution in [0, 0.1) is 0 Å². The van der Waals surface area contributed by atoms with E-state index in [1.165, 1.54) is 16.7 Å². The van der Waals surface area contributed by atoms with E-state index >= 15 is 0 Å². The molecule has 0 radical (unpaired) electrons. The van der Waals surface area contributed by atoms with Gasteiger partial charge in [0.05, 0.1) is 11.7 Å². The Balaban J connectivity index is 1.73. The van der Waals surface area contributed by atoms with Gasteiger partial charge >= 0.3 is 0 Å². The second-order valence-corrected chi connectivity index (χ2v) is 6.44. The molecule has 3 heterocycles. The van der Waals surface area contributed by atoms with Gasteiger partial charge in [-0.15, -0.1) is 11.8 Å². The van der Waals surface area contributed by atoms with Crippen molar-refractivity contribution in [3.05, 3.63) is 29.2 Å². The Hall–Kier alpha value is -2.29. The zero-order valence-electron chi connectivity index (χ0n) is 12.6. The summed E-state index contributed by atoms with van der Waals surface area (Å²) in [5.41, 5.74) is 0.733. The standard InChI is InChI=1S/C14H16N4O4S/c1-3-17-5-4-8(16-17)11(19)15-9-12(20)18-10(14(21)22)7(2)6-23-13(9)18/h4-5,9,13H,3,6H2,1-2H3,(H,15,19)(H,21,22)/p-1/t9-,13+/m1/s1. The van der Waals surface area contributed by atoms with Gasteiger partial charge in [-0.2, -0.15) is 5.10 Å². The quantitative estimate of drug-likeness (QED) is 0.703. The third-order valence-corrected chi connectivity index (χ3v) is 5.26. The fourth-order valence-corrected chi connectivity index (χ4v) is 3.93. The number of aliphatic carboxylic acids is 1. The molecule has 3 rings (SSSR count). The van der Waals surface area contributed by atoms with Gasteiger partial charge in [0.1, 0.15) is 17.1 Å². The molecule has 2 aliphatic heterocycles. The molecule has 0 bridgehead atoms. The van der Waals surface area contributed by atoms with Crippen LogP contribution in [0.25, 0.3) is 0 Å². The topological polar surface area (TPSA) is 107 Å². The summed E-state index contributed by atoms with van der Waals surface area (Å²) in [6.45, 7) is 4.20. The maximum Gasteiger partial charge on any atom is 0.272 e. The zero-order chi connectivity index (χ0) is 16.7. The smallest absolute Gasteiger partial charge is 0.272 e. The highest BCUT2D eigenvalue weighted by molar-refractivity contribution is 8.00. The van der Waals surface area contributed by atoms with Crippen molar-refractivity contribution in [2.75, 3.05) is 5.75 Å². The first-order chi connectivity index (χ1) is 10.9. The predicted octanol–water partition coefficient (Wildman–Crippen LogP) is -1.06. The third-order valence-electron chi connectivity index (χ3n) is 3.84. The molecule has 23 heavy (non-hydrogen) atoms. The van der Waals surface area contributed by atoms with Crippen LogP contribution in [0.2, 0.25) is 0 Å². The number of nitrogens with zero attached hydrogens (tertiary/aromatic N) is 3. The number of nitrogens with one attached hydrogen (secondary N) is 1. The summed E-state index contributed by atoms with van der Waals surface area (Å²) in [5, 5.41) is 17.5. The number of carbonyl (C=O) groups excluding carboxylic acids is 3. The molecule has 0 aromatic carbocycles. The van der Waals surface area contributed by atoms with E-state index in [9.17, 15) is 19.5 Å². The summed E-state index contributed by atoms with van der Waals surface area (Å²) < 4.78 is 1.61. The van der Waals surface area contributed by atoms with E-state index in [1.807, 2.05) is 6.92 Å². The van der Waals surface area contributed by atoms with Crippen molar-refractivity contribution in [2.24, 2.45) is 0 Å². The minimum atomic E-state index is -1.37. The van der Waals surface area contributed by atoms with Crippen molar-refractivity contribution in [1.82, 2.24) is 20.0 Å². The molecule has 1 aromatic rings. The number of thioether (sulfide) groups is 1. The van der Waals surface area contributed by atoms with Gasteiger partial charge in [-0.3, -0.25) is 19.2 Å². The highest BCUT2D eigenvalue weighted by atomic mass is 32.2. The molecule has 0 unspecified atom stereocenters. The predicted molar refractivity (Wildman–Crippen MR) is 80.0 cm³/mol. The number of hydrogen-bond acceptors (Lipinski definition) is 6. The first-order valence-corrected chi connectivity index (χ1v) is 8.19. The number of amides is 2. The zero-order valence-corrected chi connectivity index (χ0v) is 13.4. The molecule has 0 spiro atoms. The number of carboxylic acid groups (broad SMARTS) is 1. The van der Waals surface area contributed by atoms with Crippen molar-refractivity contribution in [3.63, 3.8) is 0 Å². The van der Waals surface area contributed by atoms with Crippen molar-refractivity contribution in [1.29, 1.82) is 0 Å². The van der Waals surface area contributed by atoms with Crippen molar-refractivity contribution >= 4 is 29.5 Å². The lowest BCUT2D eigenvalue weighted by atomic mass is 10.0. The Morgan fingerprint density at radius 1 is 1.52 bits per heavy atom. The fraction of sp³-hybridized carbons (Fsp3) is 0.429. The fourth-order valence-electron chi connectivity index (χ4n) is 2.64. The van der Waals surface area contributed by atoms with Crippen LogP contribution in [0.3, 0.4) is 0 Å². The van der Waals surface area contributed by atoms with Gasteiger partial charge in [0.15, 0.2) is 0 Å². The van der Waals surface area contributed by atoms with Gasteiger partial charge in [0, 0.05) is 18.5 Å². The number of fused-ring (bicyclic) bond motifs is 1. The summed E-state index contributed by atoms with van der Waals surface area (Å²) >= 11 is 1.42. The van der Waals surface area contributed by atoms with Crippen LogP contribution in [0.5, 0.6) is 0 Å². The number of aryl methyl sites for hydroxylation is 1. The molecule has 2 aliphatic rings. The summed E-state index contributed by atoms with van der Waals surface area (Å²) in [6.07, 6.45) is 1.68. The van der Waals surface area contributed by atoms with Crippen LogP contribution in [-0.4, -0.2) is 49.6 Å². The van der Waals surface area contributed by atoms with E-state index in [1.54, 1.807) is 23.9 Å². The second-order valence-electron chi connectivity index (χ2n) is 5.33. The van der Waals surface area contributed by atoms with Crippen LogP contribution in [-0.2, 0) is 16.1 Å².